The number of hydrogen-bond donors (Lipinski definition) is 1. The Morgan fingerprint density at radius 1 is 1.46 bits per heavy atom. The lowest BCUT2D eigenvalue weighted by Crippen LogP contribution is -2.11. The minimum Gasteiger partial charge on any atom is -0.464 e. The normalized spacial score (nSPS) is 18.8. The zero-order valence-corrected chi connectivity index (χ0v) is 7.92. The van der Waals surface area contributed by atoms with Gasteiger partial charge in [0.15, 0.2) is 0 Å². The predicted molar refractivity (Wildman–Crippen MR) is 52.3 cm³/mol. The van der Waals surface area contributed by atoms with E-state index in [2.05, 4.69) is 6.08 Å². The van der Waals surface area contributed by atoms with Crippen molar-refractivity contribution in [3.05, 3.63) is 35.3 Å². The fraction of sp³-hybridized carbons (Fsp3) is 0.455. The van der Waals surface area contributed by atoms with Crippen LogP contribution in [0.2, 0.25) is 0 Å². The maximum absolute atomic E-state index is 6.05. The van der Waals surface area contributed by atoms with Crippen LogP contribution in [-0.2, 0) is 0 Å². The summed E-state index contributed by atoms with van der Waals surface area (Å²) < 4.78 is 5.49. The second kappa shape index (κ2) is 3.38. The van der Waals surface area contributed by atoms with E-state index in [1.165, 1.54) is 18.4 Å². The van der Waals surface area contributed by atoms with E-state index in [9.17, 15) is 0 Å². The molecule has 1 aromatic heterocycles. The quantitative estimate of drug-likeness (QED) is 0.705. The molecule has 1 heterocycles. The highest BCUT2D eigenvalue weighted by atomic mass is 16.3. The van der Waals surface area contributed by atoms with Crippen LogP contribution >= 0.6 is 0 Å². The number of aryl methyl sites for hydroxylation is 1. The van der Waals surface area contributed by atoms with Gasteiger partial charge in [0.25, 0.3) is 0 Å². The molecule has 1 aliphatic carbocycles. The lowest BCUT2D eigenvalue weighted by atomic mass is 10.1. The van der Waals surface area contributed by atoms with Gasteiger partial charge in [-0.1, -0.05) is 6.08 Å². The number of nitrogens with two attached hydrogens (primary N) is 1. The molecular weight excluding hydrogens is 162 g/mol. The number of furan rings is 1. The fourth-order valence-electron chi connectivity index (χ4n) is 1.78. The molecule has 0 spiro atoms. The molecule has 2 nitrogen and oxygen atoms in total. The van der Waals surface area contributed by atoms with Crippen molar-refractivity contribution in [3.8, 4) is 0 Å². The Kier molecular flexibility index (Phi) is 2.23. The molecule has 1 unspecified atom stereocenters. The highest BCUT2D eigenvalue weighted by Gasteiger charge is 2.17. The Bertz CT molecular complexity index is 325. The monoisotopic (exact) mass is 177 g/mol. The first-order valence-electron chi connectivity index (χ1n) is 4.78. The summed E-state index contributed by atoms with van der Waals surface area (Å²) in [5.74, 6) is 1.83. The summed E-state index contributed by atoms with van der Waals surface area (Å²) in [4.78, 5) is 0. The third kappa shape index (κ3) is 1.68. The lowest BCUT2D eigenvalue weighted by Gasteiger charge is -2.09. The molecule has 2 heteroatoms. The zero-order chi connectivity index (χ0) is 9.26. The van der Waals surface area contributed by atoms with Gasteiger partial charge >= 0.3 is 0 Å². The lowest BCUT2D eigenvalue weighted by molar-refractivity contribution is 0.462. The van der Waals surface area contributed by atoms with E-state index in [1.54, 1.807) is 0 Å². The van der Waals surface area contributed by atoms with Crippen LogP contribution in [0.15, 0.2) is 28.2 Å². The summed E-state index contributed by atoms with van der Waals surface area (Å²) >= 11 is 0. The molecule has 13 heavy (non-hydrogen) atoms. The average Bonchev–Trinajstić information content (AvgIpc) is 2.72. The van der Waals surface area contributed by atoms with E-state index in [1.807, 2.05) is 19.1 Å². The molecule has 2 rings (SSSR count). The highest BCUT2D eigenvalue weighted by Crippen LogP contribution is 2.29. The standard InChI is InChI=1S/C11H15NO/c1-8-6-7-10(13-8)11(12)9-4-2-3-5-9/h4,6-7,11H,2-3,5,12H2,1H3. The van der Waals surface area contributed by atoms with Crippen molar-refractivity contribution in [3.63, 3.8) is 0 Å². The van der Waals surface area contributed by atoms with Crippen molar-refractivity contribution >= 4 is 0 Å². The Balaban J connectivity index is 2.16. The summed E-state index contributed by atoms with van der Waals surface area (Å²) in [7, 11) is 0. The Labute approximate surface area is 78.4 Å². The molecule has 70 valence electrons. The van der Waals surface area contributed by atoms with Crippen LogP contribution < -0.4 is 5.73 Å². The second-order valence-corrected chi connectivity index (χ2v) is 3.60. The van der Waals surface area contributed by atoms with Crippen LogP contribution in [0.25, 0.3) is 0 Å². The first-order valence-corrected chi connectivity index (χ1v) is 4.78. The highest BCUT2D eigenvalue weighted by molar-refractivity contribution is 5.23. The molecule has 1 aromatic rings. The molecule has 0 saturated heterocycles. The van der Waals surface area contributed by atoms with Gasteiger partial charge in [0.2, 0.25) is 0 Å². The fourth-order valence-corrected chi connectivity index (χ4v) is 1.78. The Hall–Kier alpha value is -1.02. The van der Waals surface area contributed by atoms with Gasteiger partial charge in [-0.2, -0.15) is 0 Å². The number of allylic oxidation sites excluding steroid dienone is 1. The van der Waals surface area contributed by atoms with Gasteiger partial charge in [0.05, 0.1) is 6.04 Å². The molecule has 1 atom stereocenters. The zero-order valence-electron chi connectivity index (χ0n) is 7.92. The van der Waals surface area contributed by atoms with Gasteiger partial charge in [-0.05, 0) is 43.9 Å². The van der Waals surface area contributed by atoms with E-state index in [-0.39, 0.29) is 6.04 Å². The first-order chi connectivity index (χ1) is 6.27. The molecular formula is C11H15NO. The number of hydrogen-bond acceptors (Lipinski definition) is 2. The molecule has 0 fully saturated rings. The van der Waals surface area contributed by atoms with Gasteiger partial charge in [0.1, 0.15) is 11.5 Å². The molecule has 0 radical (unpaired) electrons. The SMILES string of the molecule is Cc1ccc(C(N)C2=CCCC2)o1. The maximum atomic E-state index is 6.05. The van der Waals surface area contributed by atoms with Gasteiger partial charge in [-0.25, -0.2) is 0 Å². The Morgan fingerprint density at radius 2 is 2.31 bits per heavy atom. The van der Waals surface area contributed by atoms with E-state index in [0.29, 0.717) is 0 Å². The topological polar surface area (TPSA) is 39.2 Å². The molecule has 0 aromatic carbocycles. The van der Waals surface area contributed by atoms with Gasteiger partial charge in [-0.15, -0.1) is 0 Å². The summed E-state index contributed by atoms with van der Waals surface area (Å²) in [5.41, 5.74) is 7.38. The maximum Gasteiger partial charge on any atom is 0.125 e. The molecule has 0 amide bonds. The summed E-state index contributed by atoms with van der Waals surface area (Å²) in [6.07, 6.45) is 5.77. The molecule has 0 aliphatic heterocycles. The minimum atomic E-state index is -0.0174. The van der Waals surface area contributed by atoms with Crippen molar-refractivity contribution in [1.82, 2.24) is 0 Å². The van der Waals surface area contributed by atoms with Crippen LogP contribution in [-0.4, -0.2) is 0 Å². The average molecular weight is 177 g/mol. The molecule has 0 bridgehead atoms. The third-order valence-corrected chi connectivity index (χ3v) is 2.54. The second-order valence-electron chi connectivity index (χ2n) is 3.60. The van der Waals surface area contributed by atoms with Crippen LogP contribution in [0.3, 0.4) is 0 Å². The predicted octanol–water partition coefficient (Wildman–Crippen LogP) is 2.70. The van der Waals surface area contributed by atoms with E-state index < -0.39 is 0 Å². The van der Waals surface area contributed by atoms with Gasteiger partial charge in [-0.3, -0.25) is 0 Å². The van der Waals surface area contributed by atoms with Crippen molar-refractivity contribution in [2.45, 2.75) is 32.2 Å². The Morgan fingerprint density at radius 3 is 2.85 bits per heavy atom. The van der Waals surface area contributed by atoms with E-state index >= 15 is 0 Å². The van der Waals surface area contributed by atoms with Crippen molar-refractivity contribution in [1.29, 1.82) is 0 Å². The smallest absolute Gasteiger partial charge is 0.125 e. The largest absolute Gasteiger partial charge is 0.464 e. The van der Waals surface area contributed by atoms with Gasteiger partial charge < -0.3 is 10.2 Å². The molecule has 1 aliphatic rings. The van der Waals surface area contributed by atoms with Crippen molar-refractivity contribution < 1.29 is 4.42 Å². The summed E-state index contributed by atoms with van der Waals surface area (Å²) in [5, 5.41) is 0. The van der Waals surface area contributed by atoms with Crippen LogP contribution in [0.5, 0.6) is 0 Å². The van der Waals surface area contributed by atoms with Crippen molar-refractivity contribution in [2.75, 3.05) is 0 Å². The van der Waals surface area contributed by atoms with Crippen molar-refractivity contribution in [2.24, 2.45) is 5.73 Å². The summed E-state index contributed by atoms with van der Waals surface area (Å²) in [6, 6.07) is 3.92. The first kappa shape index (κ1) is 8.57. The molecule has 2 N–H and O–H groups in total. The third-order valence-electron chi connectivity index (χ3n) is 2.54. The van der Waals surface area contributed by atoms with E-state index in [0.717, 1.165) is 17.9 Å². The van der Waals surface area contributed by atoms with Crippen LogP contribution in [0, 0.1) is 6.92 Å². The number of rotatable bonds is 2. The summed E-state index contributed by atoms with van der Waals surface area (Å²) in [6.45, 7) is 1.94. The minimum absolute atomic E-state index is 0.0174. The van der Waals surface area contributed by atoms with Gasteiger partial charge in [0, 0.05) is 0 Å². The van der Waals surface area contributed by atoms with Crippen LogP contribution in [0.4, 0.5) is 0 Å². The van der Waals surface area contributed by atoms with Crippen LogP contribution in [0.1, 0.15) is 36.8 Å². The molecule has 0 saturated carbocycles. The van der Waals surface area contributed by atoms with E-state index in [4.69, 9.17) is 10.2 Å².